The third-order valence-corrected chi connectivity index (χ3v) is 8.11. The molecule has 0 aliphatic heterocycles. The summed E-state index contributed by atoms with van der Waals surface area (Å²) in [5.74, 6) is 0. The molecule has 8 rings (SSSR count). The summed E-state index contributed by atoms with van der Waals surface area (Å²) in [4.78, 5) is 13.6. The van der Waals surface area contributed by atoms with E-state index >= 15 is 0 Å². The minimum absolute atomic E-state index is 0. The topological polar surface area (TPSA) is 51.8 Å². The van der Waals surface area contributed by atoms with Crippen LogP contribution in [0.5, 0.6) is 0 Å². The molecule has 48 heavy (non-hydrogen) atoms. The molecule has 4 heterocycles. The summed E-state index contributed by atoms with van der Waals surface area (Å²) in [6.07, 6.45) is 3.38. The number of aromatic nitrogens is 3. The first-order chi connectivity index (χ1) is 24.2. The summed E-state index contributed by atoms with van der Waals surface area (Å²) < 4.78 is 29.5. The molecule has 0 bridgehead atoms. The Balaban J connectivity index is 0.000000269. The van der Waals surface area contributed by atoms with Crippen LogP contribution in [0.15, 0.2) is 132 Å². The van der Waals surface area contributed by atoms with Crippen molar-refractivity contribution in [2.75, 3.05) is 0 Å². The molecular formula is C43H33IrN3O-2. The Morgan fingerprint density at radius 1 is 0.646 bits per heavy atom. The molecular weight excluding hydrogens is 767 g/mol. The van der Waals surface area contributed by atoms with Crippen molar-refractivity contribution in [2.24, 2.45) is 0 Å². The monoisotopic (exact) mass is 803 g/mol. The van der Waals surface area contributed by atoms with Crippen molar-refractivity contribution in [3.8, 4) is 44.9 Å². The van der Waals surface area contributed by atoms with Gasteiger partial charge < -0.3 is 14.4 Å². The van der Waals surface area contributed by atoms with E-state index in [-0.39, 0.29) is 25.7 Å². The molecule has 0 aliphatic rings. The van der Waals surface area contributed by atoms with Crippen LogP contribution in [0, 0.1) is 39.8 Å². The van der Waals surface area contributed by atoms with Crippen LogP contribution >= 0.6 is 0 Å². The van der Waals surface area contributed by atoms with Crippen LogP contribution in [-0.4, -0.2) is 15.0 Å². The van der Waals surface area contributed by atoms with Crippen LogP contribution in [0.1, 0.15) is 26.4 Å². The van der Waals surface area contributed by atoms with Crippen molar-refractivity contribution >= 4 is 22.1 Å². The van der Waals surface area contributed by atoms with Gasteiger partial charge in [-0.25, -0.2) is 4.98 Å². The van der Waals surface area contributed by atoms with Crippen molar-refractivity contribution in [3.05, 3.63) is 162 Å². The Kier molecular flexibility index (Phi) is 8.61. The summed E-state index contributed by atoms with van der Waals surface area (Å²) in [5, 5.41) is 1.77. The Bertz CT molecular complexity index is 2420. The number of benzene rings is 4. The molecule has 0 aliphatic carbocycles. The van der Waals surface area contributed by atoms with E-state index in [2.05, 4.69) is 66.3 Å². The SMILES string of the molecule is Cc1ccc(-c2[c-]cccc2)nc1.[2H]C([2H])([2H])c1ccnc(-c2[c-]ccc3c2oc2nc(-c4c(C)cc(-c5ccccc5)cc4C)ccc23)c1.[Ir]. The van der Waals surface area contributed by atoms with Crippen molar-refractivity contribution in [2.45, 2.75) is 27.6 Å². The Hall–Kier alpha value is -5.22. The van der Waals surface area contributed by atoms with Crippen molar-refractivity contribution in [1.82, 2.24) is 15.0 Å². The first kappa shape index (κ1) is 29.0. The zero-order valence-electron chi connectivity index (χ0n) is 29.7. The van der Waals surface area contributed by atoms with Crippen LogP contribution in [0.3, 0.4) is 0 Å². The number of fused-ring (bicyclic) bond motifs is 3. The molecule has 237 valence electrons. The van der Waals surface area contributed by atoms with E-state index < -0.39 is 6.85 Å². The predicted molar refractivity (Wildman–Crippen MR) is 192 cm³/mol. The van der Waals surface area contributed by atoms with E-state index in [0.29, 0.717) is 22.6 Å². The maximum absolute atomic E-state index is 7.75. The molecule has 4 nitrogen and oxygen atoms in total. The van der Waals surface area contributed by atoms with Crippen LogP contribution in [0.2, 0.25) is 0 Å². The summed E-state index contributed by atoms with van der Waals surface area (Å²) in [6.45, 7) is 4.03. The van der Waals surface area contributed by atoms with Crippen LogP contribution < -0.4 is 0 Å². The maximum atomic E-state index is 7.75. The smallest absolute Gasteiger partial charge is 0.216 e. The molecule has 0 atom stereocenters. The van der Waals surface area contributed by atoms with Crippen molar-refractivity contribution in [3.63, 3.8) is 0 Å². The molecule has 0 amide bonds. The fourth-order valence-electron chi connectivity index (χ4n) is 5.86. The van der Waals surface area contributed by atoms with Gasteiger partial charge in [-0.3, -0.25) is 0 Å². The average molecular weight is 803 g/mol. The molecule has 0 N–H and O–H groups in total. The summed E-state index contributed by atoms with van der Waals surface area (Å²) in [6, 6.07) is 43.9. The van der Waals surface area contributed by atoms with Gasteiger partial charge in [-0.15, -0.1) is 54.1 Å². The fourth-order valence-corrected chi connectivity index (χ4v) is 5.86. The summed E-state index contributed by atoms with van der Waals surface area (Å²) >= 11 is 0. The zero-order chi connectivity index (χ0) is 34.8. The Morgan fingerprint density at radius 3 is 2.17 bits per heavy atom. The van der Waals surface area contributed by atoms with Crippen LogP contribution in [0.25, 0.3) is 67.0 Å². The second-order valence-corrected chi connectivity index (χ2v) is 11.5. The minimum Gasteiger partial charge on any atom is -0.486 e. The molecule has 0 spiro atoms. The van der Waals surface area contributed by atoms with E-state index in [1.54, 1.807) is 12.1 Å². The molecule has 4 aromatic carbocycles. The van der Waals surface area contributed by atoms with E-state index in [4.69, 9.17) is 13.5 Å². The van der Waals surface area contributed by atoms with Gasteiger partial charge in [0.25, 0.3) is 0 Å². The quantitative estimate of drug-likeness (QED) is 0.166. The summed E-state index contributed by atoms with van der Waals surface area (Å²) in [7, 11) is 0. The number of aryl methyl sites for hydroxylation is 4. The van der Waals surface area contributed by atoms with Gasteiger partial charge in [0.2, 0.25) is 5.71 Å². The number of hydrogen-bond donors (Lipinski definition) is 0. The van der Waals surface area contributed by atoms with Crippen molar-refractivity contribution in [1.29, 1.82) is 0 Å². The van der Waals surface area contributed by atoms with Crippen molar-refractivity contribution < 1.29 is 28.6 Å². The largest absolute Gasteiger partial charge is 0.486 e. The van der Waals surface area contributed by atoms with Gasteiger partial charge in [0, 0.05) is 47.6 Å². The first-order valence-corrected chi connectivity index (χ1v) is 15.4. The number of pyridine rings is 3. The number of rotatable bonds is 4. The molecule has 4 aromatic heterocycles. The second kappa shape index (κ2) is 14.3. The Morgan fingerprint density at radius 2 is 1.44 bits per heavy atom. The van der Waals surface area contributed by atoms with Gasteiger partial charge >= 0.3 is 0 Å². The van der Waals surface area contributed by atoms with Crippen LogP contribution in [0.4, 0.5) is 0 Å². The maximum Gasteiger partial charge on any atom is 0.216 e. The normalized spacial score (nSPS) is 11.9. The third kappa shape index (κ3) is 6.75. The number of hydrogen-bond acceptors (Lipinski definition) is 4. The standard InChI is InChI=1S/C31H23N2O.C12H10N.Ir/c1-19-14-15-32-28(16-19)26-11-7-10-24-25-12-13-27(33-31(25)34-30(24)26)29-20(2)17-23(18-21(29)3)22-8-5-4-6-9-22;1-10-7-8-12(13-9-10)11-5-3-2-4-6-11;/h4-10,12-18H,1-3H3;2-5,7-9H,1H3;/q2*-1;/i1D3;;. The molecule has 0 unspecified atom stereocenters. The predicted octanol–water partition coefficient (Wildman–Crippen LogP) is 11.0. The summed E-state index contributed by atoms with van der Waals surface area (Å²) in [5.41, 5.74) is 12.2. The molecule has 8 aromatic rings. The number of furan rings is 1. The fraction of sp³-hybridized carbons (Fsp3) is 0.0930. The molecule has 0 saturated heterocycles. The van der Waals surface area contributed by atoms with Gasteiger partial charge in [-0.05, 0) is 85.0 Å². The van der Waals surface area contributed by atoms with E-state index in [1.807, 2.05) is 79.9 Å². The van der Waals surface area contributed by atoms with E-state index in [0.717, 1.165) is 44.4 Å². The molecule has 0 fully saturated rings. The Labute approximate surface area is 299 Å². The number of nitrogens with zero attached hydrogens (tertiary/aromatic N) is 3. The van der Waals surface area contributed by atoms with Crippen LogP contribution in [-0.2, 0) is 20.1 Å². The van der Waals surface area contributed by atoms with Gasteiger partial charge in [-0.2, -0.15) is 0 Å². The second-order valence-electron chi connectivity index (χ2n) is 11.5. The van der Waals surface area contributed by atoms with Gasteiger partial charge in [0.05, 0.1) is 11.3 Å². The minimum atomic E-state index is -2.22. The average Bonchev–Trinajstić information content (AvgIpc) is 3.51. The molecule has 5 heteroatoms. The molecule has 0 saturated carbocycles. The van der Waals surface area contributed by atoms with E-state index in [1.165, 1.54) is 29.0 Å². The van der Waals surface area contributed by atoms with Gasteiger partial charge in [0.1, 0.15) is 0 Å². The first-order valence-electron chi connectivity index (χ1n) is 16.9. The third-order valence-electron chi connectivity index (χ3n) is 8.11. The zero-order valence-corrected chi connectivity index (χ0v) is 29.1. The van der Waals surface area contributed by atoms with Gasteiger partial charge in [0.15, 0.2) is 0 Å². The van der Waals surface area contributed by atoms with Gasteiger partial charge in [-0.1, -0.05) is 77.2 Å². The van der Waals surface area contributed by atoms with E-state index in [9.17, 15) is 0 Å². The molecule has 1 radical (unpaired) electrons.